The number of para-hydroxylation sites is 1. The first-order valence-electron chi connectivity index (χ1n) is 13.0. The Balaban J connectivity index is 1.83. The summed E-state index contributed by atoms with van der Waals surface area (Å²) in [6.07, 6.45) is 5.23. The van der Waals surface area contributed by atoms with Crippen molar-refractivity contribution in [3.63, 3.8) is 0 Å². The highest BCUT2D eigenvalue weighted by molar-refractivity contribution is 8.02. The SMILES string of the molecule is C=CCN(C)C(=O)[C@@H]1[C@H]2C(=O)N(CCCO)C(C(=O)N(CC=C)c3c(C)cccc3C)C23CC[C@@]1(C)S3. The summed E-state index contributed by atoms with van der Waals surface area (Å²) in [5.41, 5.74) is 2.79. The molecule has 1 aromatic rings. The van der Waals surface area contributed by atoms with Crippen molar-refractivity contribution >= 4 is 35.2 Å². The lowest BCUT2D eigenvalue weighted by atomic mass is 9.66. The van der Waals surface area contributed by atoms with Gasteiger partial charge in [0.2, 0.25) is 11.8 Å². The van der Waals surface area contributed by atoms with Crippen LogP contribution in [0.25, 0.3) is 0 Å². The van der Waals surface area contributed by atoms with Gasteiger partial charge in [-0.1, -0.05) is 30.4 Å². The molecule has 3 aliphatic rings. The third-order valence-electron chi connectivity index (χ3n) is 8.40. The number of anilines is 1. The Kier molecular flexibility index (Phi) is 7.64. The van der Waals surface area contributed by atoms with Gasteiger partial charge in [0.25, 0.3) is 5.91 Å². The van der Waals surface area contributed by atoms with E-state index < -0.39 is 27.4 Å². The Morgan fingerprint density at radius 2 is 1.81 bits per heavy atom. The van der Waals surface area contributed by atoms with Crippen LogP contribution in [0.3, 0.4) is 0 Å². The van der Waals surface area contributed by atoms with Crippen molar-refractivity contribution in [1.29, 1.82) is 0 Å². The number of aliphatic hydroxyl groups excluding tert-OH is 1. The average molecular weight is 526 g/mol. The molecule has 200 valence electrons. The van der Waals surface area contributed by atoms with Crippen LogP contribution in [-0.2, 0) is 14.4 Å². The van der Waals surface area contributed by atoms with Crippen molar-refractivity contribution in [2.24, 2.45) is 11.8 Å². The van der Waals surface area contributed by atoms with Gasteiger partial charge >= 0.3 is 0 Å². The van der Waals surface area contributed by atoms with Crippen LogP contribution >= 0.6 is 11.8 Å². The zero-order chi connectivity index (χ0) is 27.1. The number of nitrogens with zero attached hydrogens (tertiary/aromatic N) is 3. The number of aliphatic hydroxyl groups is 1. The maximum absolute atomic E-state index is 14.6. The lowest BCUT2D eigenvalue weighted by molar-refractivity contribution is -0.144. The number of amides is 3. The third-order valence-corrected chi connectivity index (χ3v) is 10.4. The summed E-state index contributed by atoms with van der Waals surface area (Å²) in [5.74, 6) is -1.44. The van der Waals surface area contributed by atoms with Crippen molar-refractivity contribution < 1.29 is 19.5 Å². The summed E-state index contributed by atoms with van der Waals surface area (Å²) < 4.78 is -1.11. The maximum Gasteiger partial charge on any atom is 0.251 e. The second kappa shape index (κ2) is 10.3. The standard InChI is InChI=1S/C29H39N3O4S/c1-7-15-30(6)25(34)21-22-26(35)32(17-10-18-33)24(29(22)14-13-28(21,5)37-29)27(36)31(16-8-2)23-19(3)11-9-12-20(23)4/h7-9,11-12,21-22,24,33H,1-2,10,13-18H2,3-6H3/t21-,22-,24?,28+,29?/m0/s1. The fourth-order valence-corrected chi connectivity index (χ4v) is 9.23. The van der Waals surface area contributed by atoms with Gasteiger partial charge in [0, 0.05) is 43.7 Å². The minimum Gasteiger partial charge on any atom is -0.396 e. The third kappa shape index (κ3) is 4.22. The number of likely N-dealkylation sites (tertiary alicyclic amines) is 1. The van der Waals surface area contributed by atoms with Gasteiger partial charge in [-0.05, 0) is 51.2 Å². The first kappa shape index (κ1) is 27.5. The fourth-order valence-electron chi connectivity index (χ4n) is 6.88. The molecule has 3 heterocycles. The highest BCUT2D eigenvalue weighted by Crippen LogP contribution is 2.71. The van der Waals surface area contributed by atoms with Gasteiger partial charge in [0.05, 0.1) is 16.6 Å². The Bertz CT molecular complexity index is 1100. The number of thioether (sulfide) groups is 1. The van der Waals surface area contributed by atoms with Crippen molar-refractivity contribution in [2.75, 3.05) is 38.2 Å². The Morgan fingerprint density at radius 3 is 2.41 bits per heavy atom. The highest BCUT2D eigenvalue weighted by Gasteiger charge is 2.77. The molecule has 4 rings (SSSR count). The van der Waals surface area contributed by atoms with Crippen LogP contribution in [0.1, 0.15) is 37.3 Å². The molecule has 37 heavy (non-hydrogen) atoms. The van der Waals surface area contributed by atoms with Crippen LogP contribution < -0.4 is 4.90 Å². The van der Waals surface area contributed by atoms with Gasteiger partial charge in [0.15, 0.2) is 0 Å². The number of aryl methyl sites for hydroxylation is 2. The molecule has 3 saturated heterocycles. The van der Waals surface area contributed by atoms with Crippen LogP contribution in [0.15, 0.2) is 43.5 Å². The molecule has 5 atom stereocenters. The number of benzene rings is 1. The minimum atomic E-state index is -0.718. The van der Waals surface area contributed by atoms with Gasteiger partial charge < -0.3 is 19.8 Å². The molecule has 1 N–H and O–H groups in total. The molecule has 1 spiro atoms. The molecule has 2 bridgehead atoms. The van der Waals surface area contributed by atoms with E-state index in [0.717, 1.165) is 23.2 Å². The van der Waals surface area contributed by atoms with Crippen LogP contribution in [0.4, 0.5) is 5.69 Å². The van der Waals surface area contributed by atoms with Crippen molar-refractivity contribution in [3.05, 3.63) is 54.6 Å². The summed E-state index contributed by atoms with van der Waals surface area (Å²) in [5, 5.41) is 9.61. The molecule has 3 amide bonds. The summed E-state index contributed by atoms with van der Waals surface area (Å²) in [7, 11) is 1.75. The predicted molar refractivity (Wildman–Crippen MR) is 148 cm³/mol. The monoisotopic (exact) mass is 525 g/mol. The molecular formula is C29H39N3O4S. The number of rotatable bonds is 10. The molecule has 1 aromatic carbocycles. The van der Waals surface area contributed by atoms with E-state index in [1.54, 1.807) is 45.7 Å². The largest absolute Gasteiger partial charge is 0.396 e. The summed E-state index contributed by atoms with van der Waals surface area (Å²) in [6.45, 7) is 14.6. The molecule has 2 unspecified atom stereocenters. The molecule has 3 fully saturated rings. The topological polar surface area (TPSA) is 81.2 Å². The quantitative estimate of drug-likeness (QED) is 0.474. The van der Waals surface area contributed by atoms with E-state index >= 15 is 0 Å². The Labute approximate surface area is 224 Å². The molecule has 7 nitrogen and oxygen atoms in total. The van der Waals surface area contributed by atoms with Gasteiger partial charge in [-0.15, -0.1) is 24.9 Å². The number of hydrogen-bond donors (Lipinski definition) is 1. The normalized spacial score (nSPS) is 29.8. The van der Waals surface area contributed by atoms with E-state index in [4.69, 9.17) is 0 Å². The van der Waals surface area contributed by atoms with E-state index in [0.29, 0.717) is 25.9 Å². The molecule has 8 heteroatoms. The first-order chi connectivity index (χ1) is 17.6. The van der Waals surface area contributed by atoms with Crippen LogP contribution in [0.2, 0.25) is 0 Å². The van der Waals surface area contributed by atoms with E-state index in [-0.39, 0.29) is 30.9 Å². The van der Waals surface area contributed by atoms with E-state index in [2.05, 4.69) is 20.1 Å². The van der Waals surface area contributed by atoms with Crippen LogP contribution in [-0.4, -0.2) is 81.5 Å². The number of carbonyl (C=O) groups excluding carboxylic acids is 3. The number of hydrogen-bond acceptors (Lipinski definition) is 5. The summed E-state index contributed by atoms with van der Waals surface area (Å²) in [4.78, 5) is 47.5. The Morgan fingerprint density at radius 1 is 1.16 bits per heavy atom. The molecule has 0 aliphatic carbocycles. The fraction of sp³-hybridized carbons (Fsp3) is 0.552. The lowest BCUT2D eigenvalue weighted by Gasteiger charge is -2.38. The Hall–Kier alpha value is -2.58. The van der Waals surface area contributed by atoms with E-state index in [1.807, 2.05) is 32.0 Å². The highest BCUT2D eigenvalue weighted by atomic mass is 32.2. The van der Waals surface area contributed by atoms with Crippen molar-refractivity contribution in [2.45, 2.75) is 55.6 Å². The summed E-state index contributed by atoms with van der Waals surface area (Å²) in [6, 6.07) is 5.22. The van der Waals surface area contributed by atoms with Crippen molar-refractivity contribution in [1.82, 2.24) is 9.80 Å². The summed E-state index contributed by atoms with van der Waals surface area (Å²) >= 11 is 1.67. The second-order valence-electron chi connectivity index (χ2n) is 10.8. The van der Waals surface area contributed by atoms with Crippen molar-refractivity contribution in [3.8, 4) is 0 Å². The molecule has 0 saturated carbocycles. The minimum absolute atomic E-state index is 0.0669. The lowest BCUT2D eigenvalue weighted by Crippen LogP contribution is -2.55. The predicted octanol–water partition coefficient (Wildman–Crippen LogP) is 3.33. The van der Waals surface area contributed by atoms with Gasteiger partial charge in [-0.25, -0.2) is 0 Å². The van der Waals surface area contributed by atoms with E-state index in [9.17, 15) is 19.5 Å². The zero-order valence-corrected chi connectivity index (χ0v) is 23.2. The smallest absolute Gasteiger partial charge is 0.251 e. The van der Waals surface area contributed by atoms with Gasteiger partial charge in [-0.2, -0.15) is 0 Å². The van der Waals surface area contributed by atoms with E-state index in [1.165, 1.54) is 0 Å². The molecule has 3 aliphatic heterocycles. The van der Waals surface area contributed by atoms with Crippen LogP contribution in [0, 0.1) is 25.7 Å². The molecule has 0 radical (unpaired) electrons. The number of likely N-dealkylation sites (N-methyl/N-ethyl adjacent to an activating group) is 1. The average Bonchev–Trinajstić information content (AvgIpc) is 3.42. The first-order valence-corrected chi connectivity index (χ1v) is 13.9. The zero-order valence-electron chi connectivity index (χ0n) is 22.4. The van der Waals surface area contributed by atoms with Gasteiger partial charge in [0.1, 0.15) is 6.04 Å². The van der Waals surface area contributed by atoms with Crippen LogP contribution in [0.5, 0.6) is 0 Å². The maximum atomic E-state index is 14.6. The number of carbonyl (C=O) groups is 3. The number of fused-ring (bicyclic) bond motifs is 1. The van der Waals surface area contributed by atoms with Gasteiger partial charge in [-0.3, -0.25) is 14.4 Å². The second-order valence-corrected chi connectivity index (χ2v) is 12.7. The molecular weight excluding hydrogens is 486 g/mol. The molecule has 0 aromatic heterocycles.